The molecule has 5 rings (SSSR count). The molecular weight excluding hydrogens is 715 g/mol. The Morgan fingerprint density at radius 3 is 2.43 bits per heavy atom. The zero-order chi connectivity index (χ0) is 40.7. The van der Waals surface area contributed by atoms with Gasteiger partial charge in [0.2, 0.25) is 5.79 Å². The molecule has 2 N–H and O–H groups in total. The molecule has 1 aliphatic heterocycles. The maximum Gasteiger partial charge on any atom is 0.410 e. The SMILES string of the molecule is C=CCOC12Oc3ccc(OCc4ccccc4F)cc3C3C(CCCCO)C(CCCCO)C=C(C(=NOC(C)(C)C)CC1N(C)C(=O)OCC(C)(C)C)C32. The maximum atomic E-state index is 14.7. The minimum absolute atomic E-state index is 0.0478. The summed E-state index contributed by atoms with van der Waals surface area (Å²) in [7, 11) is 1.72. The van der Waals surface area contributed by atoms with Gasteiger partial charge in [-0.1, -0.05) is 69.1 Å². The van der Waals surface area contributed by atoms with Crippen molar-refractivity contribution in [2.75, 3.05) is 33.5 Å². The normalized spacial score (nSPS) is 25.0. The number of likely N-dealkylation sites (N-methyl/N-ethyl adjacent to an activating group) is 1. The van der Waals surface area contributed by atoms with E-state index in [1.165, 1.54) is 6.07 Å². The van der Waals surface area contributed by atoms with Crippen LogP contribution in [-0.2, 0) is 20.9 Å². The van der Waals surface area contributed by atoms with E-state index in [4.69, 9.17) is 28.9 Å². The number of aliphatic hydroxyl groups is 2. The Labute approximate surface area is 332 Å². The number of rotatable bonds is 17. The van der Waals surface area contributed by atoms with Crippen molar-refractivity contribution < 1.29 is 43.2 Å². The van der Waals surface area contributed by atoms with Crippen LogP contribution in [0.5, 0.6) is 11.5 Å². The van der Waals surface area contributed by atoms with Crippen LogP contribution in [0.3, 0.4) is 0 Å². The number of hydrogen-bond donors (Lipinski definition) is 2. The zero-order valence-corrected chi connectivity index (χ0v) is 34.4. The fourth-order valence-electron chi connectivity index (χ4n) is 8.29. The van der Waals surface area contributed by atoms with Gasteiger partial charge in [0.15, 0.2) is 0 Å². The number of aliphatic hydroxyl groups excluding tert-OH is 2. The number of allylic oxidation sites excluding steroid dienone is 1. The lowest BCUT2D eigenvalue weighted by molar-refractivity contribution is -0.254. The summed E-state index contributed by atoms with van der Waals surface area (Å²) in [4.78, 5) is 21.7. The highest BCUT2D eigenvalue weighted by atomic mass is 19.1. The van der Waals surface area contributed by atoms with Gasteiger partial charge in [0.05, 0.1) is 24.8 Å². The average Bonchev–Trinajstić information content (AvgIpc) is 3.15. The number of benzene rings is 2. The molecule has 0 aromatic heterocycles. The number of unbranched alkanes of at least 4 members (excludes halogenated alkanes) is 2. The van der Waals surface area contributed by atoms with E-state index in [2.05, 4.69) is 12.7 Å². The molecule has 2 aromatic carbocycles. The van der Waals surface area contributed by atoms with Gasteiger partial charge in [-0.05, 0) is 93.5 Å². The van der Waals surface area contributed by atoms with Crippen LogP contribution in [0.4, 0.5) is 9.18 Å². The summed E-state index contributed by atoms with van der Waals surface area (Å²) in [6.07, 6.45) is 8.32. The Hall–Kier alpha value is -3.93. The fraction of sp³-hybridized carbons (Fsp3) is 0.600. The van der Waals surface area contributed by atoms with Crippen LogP contribution in [0.15, 0.2) is 71.9 Å². The van der Waals surface area contributed by atoms with Crippen molar-refractivity contribution in [2.45, 2.75) is 116 Å². The fourth-order valence-corrected chi connectivity index (χ4v) is 8.29. The average molecular weight is 779 g/mol. The van der Waals surface area contributed by atoms with E-state index in [0.29, 0.717) is 35.6 Å². The van der Waals surface area contributed by atoms with Gasteiger partial charge < -0.3 is 38.9 Å². The molecule has 308 valence electrons. The third-order valence-corrected chi connectivity index (χ3v) is 10.8. The minimum Gasteiger partial charge on any atom is -0.489 e. The van der Waals surface area contributed by atoms with Crippen molar-refractivity contribution in [2.24, 2.45) is 28.3 Å². The summed E-state index contributed by atoms with van der Waals surface area (Å²) in [6, 6.07) is 11.6. The lowest BCUT2D eigenvalue weighted by Crippen LogP contribution is -2.69. The molecule has 1 amide bonds. The number of hydrogen-bond acceptors (Lipinski definition) is 9. The van der Waals surface area contributed by atoms with E-state index in [1.54, 1.807) is 36.2 Å². The molecule has 6 unspecified atom stereocenters. The molecule has 2 aromatic rings. The Morgan fingerprint density at radius 1 is 1.05 bits per heavy atom. The molecular formula is C45H63FN2O8. The largest absolute Gasteiger partial charge is 0.489 e. The van der Waals surface area contributed by atoms with Gasteiger partial charge in [0, 0.05) is 43.7 Å². The number of carbonyl (C=O) groups excluding carboxylic acids is 1. The Bertz CT molecular complexity index is 1710. The van der Waals surface area contributed by atoms with Crippen LogP contribution in [0.1, 0.15) is 104 Å². The smallest absolute Gasteiger partial charge is 0.410 e. The molecule has 0 radical (unpaired) electrons. The predicted octanol–water partition coefficient (Wildman–Crippen LogP) is 8.95. The van der Waals surface area contributed by atoms with Crippen LogP contribution in [0.25, 0.3) is 0 Å². The first-order valence-electron chi connectivity index (χ1n) is 20.1. The van der Waals surface area contributed by atoms with E-state index >= 15 is 0 Å². The van der Waals surface area contributed by atoms with E-state index in [0.717, 1.165) is 36.8 Å². The van der Waals surface area contributed by atoms with E-state index in [1.807, 2.05) is 59.7 Å². The lowest BCUT2D eigenvalue weighted by Gasteiger charge is -2.59. The molecule has 6 atom stereocenters. The van der Waals surface area contributed by atoms with Crippen LogP contribution in [-0.4, -0.2) is 77.8 Å². The van der Waals surface area contributed by atoms with Gasteiger partial charge in [-0.15, -0.1) is 6.58 Å². The van der Waals surface area contributed by atoms with Crippen molar-refractivity contribution in [1.29, 1.82) is 0 Å². The number of halogens is 1. The van der Waals surface area contributed by atoms with Crippen molar-refractivity contribution in [3.8, 4) is 11.5 Å². The van der Waals surface area contributed by atoms with Crippen molar-refractivity contribution >= 4 is 11.8 Å². The van der Waals surface area contributed by atoms with Crippen LogP contribution < -0.4 is 9.47 Å². The highest BCUT2D eigenvalue weighted by Crippen LogP contribution is 2.62. The van der Waals surface area contributed by atoms with E-state index < -0.39 is 29.4 Å². The number of ether oxygens (including phenoxy) is 4. The molecule has 3 aliphatic rings. The summed E-state index contributed by atoms with van der Waals surface area (Å²) in [5, 5.41) is 24.5. The predicted molar refractivity (Wildman–Crippen MR) is 215 cm³/mol. The summed E-state index contributed by atoms with van der Waals surface area (Å²) in [6.45, 7) is 16.5. The summed E-state index contributed by atoms with van der Waals surface area (Å²) >= 11 is 0. The summed E-state index contributed by atoms with van der Waals surface area (Å²) < 4.78 is 40.9. The van der Waals surface area contributed by atoms with Gasteiger partial charge in [0.25, 0.3) is 0 Å². The molecule has 10 nitrogen and oxygen atoms in total. The minimum atomic E-state index is -1.39. The van der Waals surface area contributed by atoms with Crippen LogP contribution >= 0.6 is 0 Å². The van der Waals surface area contributed by atoms with Crippen molar-refractivity contribution in [3.63, 3.8) is 0 Å². The number of fused-ring (bicyclic) bond motifs is 2. The Balaban J connectivity index is 1.73. The third kappa shape index (κ3) is 10.1. The first-order chi connectivity index (χ1) is 26.6. The number of nitrogens with zero attached hydrogens (tertiary/aromatic N) is 2. The zero-order valence-electron chi connectivity index (χ0n) is 34.4. The van der Waals surface area contributed by atoms with Gasteiger partial charge in [-0.2, -0.15) is 0 Å². The topological polar surface area (TPSA) is 119 Å². The molecule has 1 fully saturated rings. The Morgan fingerprint density at radius 2 is 1.77 bits per heavy atom. The molecule has 1 heterocycles. The van der Waals surface area contributed by atoms with E-state index in [9.17, 15) is 19.4 Å². The molecule has 56 heavy (non-hydrogen) atoms. The lowest BCUT2D eigenvalue weighted by atomic mass is 9.55. The van der Waals surface area contributed by atoms with Gasteiger partial charge in [-0.3, -0.25) is 0 Å². The highest BCUT2D eigenvalue weighted by Gasteiger charge is 2.65. The Kier molecular flexibility index (Phi) is 14.3. The van der Waals surface area contributed by atoms with Crippen molar-refractivity contribution in [1.82, 2.24) is 4.90 Å². The molecule has 0 spiro atoms. The van der Waals surface area contributed by atoms with E-state index in [-0.39, 0.29) is 68.4 Å². The number of carbonyl (C=O) groups is 1. The maximum absolute atomic E-state index is 14.7. The molecule has 2 aliphatic carbocycles. The number of oxime groups is 1. The first kappa shape index (κ1) is 43.2. The first-order valence-corrected chi connectivity index (χ1v) is 20.1. The monoisotopic (exact) mass is 778 g/mol. The number of amides is 1. The summed E-state index contributed by atoms with van der Waals surface area (Å²) in [5.41, 5.74) is 2.16. The van der Waals surface area contributed by atoms with Gasteiger partial charge >= 0.3 is 6.09 Å². The highest BCUT2D eigenvalue weighted by molar-refractivity contribution is 6.03. The second kappa shape index (κ2) is 18.6. The van der Waals surface area contributed by atoms with Gasteiger partial charge in [0.1, 0.15) is 35.6 Å². The third-order valence-electron chi connectivity index (χ3n) is 10.8. The van der Waals surface area contributed by atoms with Crippen molar-refractivity contribution in [3.05, 3.63) is 83.7 Å². The standard InChI is InChI=1S/C45H63FN2O8/c1-9-24-54-45-39(48(8)42(51)53-29-43(2,3)4)27-37(47-56-44(5,6)7)34-25-30(16-12-14-22-49)33(18-13-15-23-50)40(41(34)45)35-26-32(20-21-38(35)55-45)52-28-31-17-10-11-19-36(31)46/h9-11,17,19-21,25-26,30,33,39-41,49-50H,1,12-16,18,22-24,27-29H2,2-8H3. The molecule has 11 heteroatoms. The summed E-state index contributed by atoms with van der Waals surface area (Å²) in [5.74, 6) is -1.13. The quantitative estimate of drug-likeness (QED) is 0.0929. The molecule has 1 saturated carbocycles. The molecule has 0 saturated heterocycles. The van der Waals surface area contributed by atoms with Crippen LogP contribution in [0.2, 0.25) is 0 Å². The van der Waals surface area contributed by atoms with Crippen LogP contribution in [0, 0.1) is 29.0 Å². The second-order valence-electron chi connectivity index (χ2n) is 17.6. The molecule has 0 bridgehead atoms. The second-order valence-corrected chi connectivity index (χ2v) is 17.6. The van der Waals surface area contributed by atoms with Gasteiger partial charge in [-0.25, -0.2) is 9.18 Å².